The van der Waals surface area contributed by atoms with Crippen molar-refractivity contribution in [2.75, 3.05) is 26.4 Å². The summed E-state index contributed by atoms with van der Waals surface area (Å²) in [5.74, 6) is 1.55. The zero-order valence-corrected chi connectivity index (χ0v) is 17.8. The molecule has 0 saturated carbocycles. The van der Waals surface area contributed by atoms with Gasteiger partial charge < -0.3 is 44.5 Å². The van der Waals surface area contributed by atoms with Crippen LogP contribution in [0.5, 0.6) is 0 Å². The van der Waals surface area contributed by atoms with Crippen molar-refractivity contribution in [2.45, 2.75) is 26.7 Å². The van der Waals surface area contributed by atoms with Crippen LogP contribution < -0.4 is 24.8 Å². The summed E-state index contributed by atoms with van der Waals surface area (Å²) in [6, 6.07) is 0. The molecule has 2 N–H and O–H groups in total. The van der Waals surface area contributed by atoms with Gasteiger partial charge in [0.2, 0.25) is 0 Å². The molecule has 0 aliphatic heterocycles. The Morgan fingerprint density at radius 3 is 1.62 bits per heavy atom. The van der Waals surface area contributed by atoms with Gasteiger partial charge in [-0.25, -0.2) is 0 Å². The van der Waals surface area contributed by atoms with Crippen LogP contribution in [0.25, 0.3) is 0 Å². The Morgan fingerprint density at radius 1 is 0.917 bits per heavy atom. The monoisotopic (exact) mass is 450 g/mol. The number of rotatable bonds is 8. The Bertz CT molecular complexity index is 467. The fourth-order valence-electron chi connectivity index (χ4n) is 2.63. The number of allylic oxidation sites excluding steroid dienone is 6. The molecule has 24 heavy (non-hydrogen) atoms. The minimum Gasteiger partial charge on any atom is -1.00 e. The van der Waals surface area contributed by atoms with Gasteiger partial charge in [-0.2, -0.15) is 11.1 Å². The molecule has 2 aliphatic carbocycles. The van der Waals surface area contributed by atoms with Crippen LogP contribution in [0, 0.1) is 17.6 Å². The summed E-state index contributed by atoms with van der Waals surface area (Å²) in [5.41, 5.74) is 1.60. The second kappa shape index (κ2) is 12.3. The summed E-state index contributed by atoms with van der Waals surface area (Å²) < 4.78 is 11.2. The maximum absolute atomic E-state index is 8.91. The molecule has 0 heterocycles. The molecule has 2 rings (SSSR count). The van der Waals surface area contributed by atoms with Gasteiger partial charge >= 0.3 is 26.2 Å². The van der Waals surface area contributed by atoms with Gasteiger partial charge in [-0.15, -0.1) is 25.0 Å². The fourth-order valence-corrected chi connectivity index (χ4v) is 2.63. The fraction of sp³-hybridized carbons (Fsp3) is 0.529. The van der Waals surface area contributed by atoms with E-state index in [-0.39, 0.29) is 82.9 Å². The summed E-state index contributed by atoms with van der Waals surface area (Å²) in [5, 5.41) is 17.8. The molecule has 0 radical (unpaired) electrons. The van der Waals surface area contributed by atoms with Gasteiger partial charge in [0.1, 0.15) is 0 Å². The molecule has 0 saturated heterocycles. The van der Waals surface area contributed by atoms with Crippen LogP contribution in [0.15, 0.2) is 34.8 Å². The molecule has 0 unspecified atom stereocenters. The third-order valence-corrected chi connectivity index (χ3v) is 3.57. The van der Waals surface area contributed by atoms with E-state index in [1.807, 2.05) is 12.2 Å². The van der Waals surface area contributed by atoms with Gasteiger partial charge in [0.05, 0.1) is 26.4 Å². The summed E-state index contributed by atoms with van der Waals surface area (Å²) >= 11 is 0. The number of ether oxygens (including phenoxy) is 2. The molecule has 7 heteroatoms. The van der Waals surface area contributed by atoms with E-state index in [4.69, 9.17) is 19.7 Å². The molecular formula is C17H22Cl2O4Zr. The van der Waals surface area contributed by atoms with Crippen LogP contribution in [0.4, 0.5) is 0 Å². The average molecular weight is 452 g/mol. The van der Waals surface area contributed by atoms with Gasteiger partial charge in [0.25, 0.3) is 0 Å². The van der Waals surface area contributed by atoms with Crippen LogP contribution in [0.2, 0.25) is 0 Å². The van der Waals surface area contributed by atoms with E-state index in [1.54, 1.807) is 0 Å². The number of aliphatic hydroxyl groups excluding tert-OH is 2. The minimum atomic E-state index is -0.338. The van der Waals surface area contributed by atoms with E-state index in [0.29, 0.717) is 12.8 Å². The van der Waals surface area contributed by atoms with Crippen molar-refractivity contribution in [3.8, 4) is 0 Å². The molecule has 0 atom stereocenters. The Morgan fingerprint density at radius 2 is 1.29 bits per heavy atom. The maximum Gasteiger partial charge on any atom is 4.00 e. The van der Waals surface area contributed by atoms with Gasteiger partial charge in [-0.1, -0.05) is 13.8 Å². The maximum atomic E-state index is 8.91. The summed E-state index contributed by atoms with van der Waals surface area (Å²) in [7, 11) is 0. The molecule has 0 amide bonds. The van der Waals surface area contributed by atoms with E-state index in [9.17, 15) is 0 Å². The van der Waals surface area contributed by atoms with Crippen molar-refractivity contribution in [2.24, 2.45) is 5.41 Å². The zero-order chi connectivity index (χ0) is 15.3. The molecule has 2 aliphatic rings. The van der Waals surface area contributed by atoms with Crippen molar-refractivity contribution >= 4 is 0 Å². The first-order valence-corrected chi connectivity index (χ1v) is 7.22. The summed E-state index contributed by atoms with van der Waals surface area (Å²) in [6.45, 7) is 4.70. The Labute approximate surface area is 175 Å². The smallest absolute Gasteiger partial charge is 1.00 e. The van der Waals surface area contributed by atoms with Crippen molar-refractivity contribution in [3.05, 3.63) is 47.0 Å². The molecule has 0 fully saturated rings. The van der Waals surface area contributed by atoms with Crippen molar-refractivity contribution in [1.29, 1.82) is 0 Å². The van der Waals surface area contributed by atoms with E-state index < -0.39 is 0 Å². The van der Waals surface area contributed by atoms with Crippen LogP contribution in [-0.4, -0.2) is 36.6 Å². The number of hydrogen-bond acceptors (Lipinski definition) is 4. The van der Waals surface area contributed by atoms with Gasteiger partial charge in [-0.3, -0.25) is 12.2 Å². The van der Waals surface area contributed by atoms with E-state index in [0.717, 1.165) is 22.7 Å². The Balaban J connectivity index is 0. The molecule has 0 aromatic heterocycles. The van der Waals surface area contributed by atoms with Crippen molar-refractivity contribution < 1.29 is 70.7 Å². The Hall–Kier alpha value is -0.0569. The second-order valence-electron chi connectivity index (χ2n) is 5.42. The van der Waals surface area contributed by atoms with E-state index >= 15 is 0 Å². The van der Waals surface area contributed by atoms with Crippen LogP contribution in [0.3, 0.4) is 0 Å². The molecule has 0 spiro atoms. The van der Waals surface area contributed by atoms with Crippen molar-refractivity contribution in [3.63, 3.8) is 0 Å². The molecule has 0 bridgehead atoms. The zero-order valence-electron chi connectivity index (χ0n) is 13.9. The molecule has 0 aromatic rings. The molecule has 132 valence electrons. The first-order chi connectivity index (χ1) is 10.1. The van der Waals surface area contributed by atoms with Crippen LogP contribution >= 0.6 is 0 Å². The Kier molecular flexibility index (Phi) is 13.4. The predicted octanol–water partition coefficient (Wildman–Crippen LogP) is -3.93. The molecule has 0 aromatic carbocycles. The average Bonchev–Trinajstić information content (AvgIpc) is 3.11. The first kappa shape index (κ1) is 26.2. The molecular weight excluding hydrogens is 430 g/mol. The van der Waals surface area contributed by atoms with Gasteiger partial charge in [-0.05, 0) is 16.9 Å². The SMILES string of the molecule is CC(C)(C1=[C-]CC=C1OCCO)C1=[C-]CC=C1OCCO.[Cl-].[Cl-].[Zr+4]. The third-order valence-electron chi connectivity index (χ3n) is 3.57. The number of aliphatic hydroxyl groups is 2. The quantitative estimate of drug-likeness (QED) is 0.370. The third kappa shape index (κ3) is 6.03. The van der Waals surface area contributed by atoms with Crippen molar-refractivity contribution in [1.82, 2.24) is 0 Å². The number of halogens is 2. The first-order valence-electron chi connectivity index (χ1n) is 7.22. The van der Waals surface area contributed by atoms with Crippen LogP contribution in [0.1, 0.15) is 26.7 Å². The molecule has 4 nitrogen and oxygen atoms in total. The van der Waals surface area contributed by atoms with Gasteiger partial charge in [0, 0.05) is 0 Å². The van der Waals surface area contributed by atoms with E-state index in [2.05, 4.69) is 26.0 Å². The minimum absolute atomic E-state index is 0. The predicted molar refractivity (Wildman–Crippen MR) is 78.8 cm³/mol. The van der Waals surface area contributed by atoms with Crippen LogP contribution in [-0.2, 0) is 35.7 Å². The largest absolute Gasteiger partial charge is 4.00 e. The van der Waals surface area contributed by atoms with E-state index in [1.165, 1.54) is 0 Å². The normalized spacial score (nSPS) is 15.8. The van der Waals surface area contributed by atoms with Gasteiger partial charge in [0.15, 0.2) is 0 Å². The second-order valence-corrected chi connectivity index (χ2v) is 5.42. The number of hydrogen-bond donors (Lipinski definition) is 2. The summed E-state index contributed by atoms with van der Waals surface area (Å²) in [6.07, 6.45) is 12.0. The summed E-state index contributed by atoms with van der Waals surface area (Å²) in [4.78, 5) is 0. The standard InChI is InChI=1S/C17H22O4.2ClH.Zr/c1-17(2,13-5-3-7-15(13)20-11-9-18)14-6-4-8-16(14)21-12-10-19;;;/h7-8,18-19H,3-4,9-12H2,1-2H3;2*1H;/q-2;;;+4/p-2. The topological polar surface area (TPSA) is 58.9 Å².